The summed E-state index contributed by atoms with van der Waals surface area (Å²) in [6.45, 7) is 17.7. The molecule has 0 heterocycles. The van der Waals surface area contributed by atoms with Crippen LogP contribution in [-0.4, -0.2) is 5.11 Å². The van der Waals surface area contributed by atoms with Gasteiger partial charge in [-0.1, -0.05) is 67.9 Å². The highest BCUT2D eigenvalue weighted by Gasteiger charge is 2.27. The van der Waals surface area contributed by atoms with Gasteiger partial charge < -0.3 is 5.11 Å². The second-order valence-corrected chi connectivity index (χ2v) is 7.88. The van der Waals surface area contributed by atoms with Crippen LogP contribution >= 0.6 is 0 Å². The number of rotatable bonds is 3. The quantitative estimate of drug-likeness (QED) is 0.772. The highest BCUT2D eigenvalue weighted by Crippen LogP contribution is 2.41. The Labute approximate surface area is 125 Å². The van der Waals surface area contributed by atoms with Gasteiger partial charge in [-0.05, 0) is 45.9 Å². The van der Waals surface area contributed by atoms with Crippen LogP contribution in [0.4, 0.5) is 0 Å². The molecule has 0 saturated heterocycles. The highest BCUT2D eigenvalue weighted by molar-refractivity contribution is 5.54. The Hall–Kier alpha value is -0.980. The van der Waals surface area contributed by atoms with Crippen molar-refractivity contribution in [2.45, 2.75) is 85.5 Å². The Morgan fingerprint density at radius 1 is 0.850 bits per heavy atom. The summed E-state index contributed by atoms with van der Waals surface area (Å²) in [6, 6.07) is 2.25. The maximum atomic E-state index is 10.7. The standard InChI is InChI=1S/C19H32O/c1-9-11-14-13(10-2)17(20)16(19(6,7)8)12-15(14)18(3,4)5/h12,20H,9-11H2,1-8H3. The number of benzene rings is 1. The van der Waals surface area contributed by atoms with Crippen molar-refractivity contribution in [1.82, 2.24) is 0 Å². The second kappa shape index (κ2) is 5.79. The lowest BCUT2D eigenvalue weighted by Crippen LogP contribution is -2.20. The Bertz CT molecular complexity index is 470. The van der Waals surface area contributed by atoms with E-state index in [1.54, 1.807) is 0 Å². The molecule has 0 spiro atoms. The van der Waals surface area contributed by atoms with Crippen LogP contribution in [0.1, 0.15) is 84.1 Å². The lowest BCUT2D eigenvalue weighted by atomic mass is 9.75. The van der Waals surface area contributed by atoms with Gasteiger partial charge in [0.2, 0.25) is 0 Å². The average molecular weight is 276 g/mol. The van der Waals surface area contributed by atoms with E-state index in [9.17, 15) is 5.11 Å². The molecule has 0 bridgehead atoms. The zero-order valence-electron chi connectivity index (χ0n) is 14.6. The predicted molar refractivity (Wildman–Crippen MR) is 88.9 cm³/mol. The van der Waals surface area contributed by atoms with Crippen molar-refractivity contribution in [3.63, 3.8) is 0 Å². The summed E-state index contributed by atoms with van der Waals surface area (Å²) in [5.41, 5.74) is 5.09. The first kappa shape index (κ1) is 17.1. The average Bonchev–Trinajstić information content (AvgIpc) is 2.26. The lowest BCUT2D eigenvalue weighted by molar-refractivity contribution is 0.436. The molecular formula is C19H32O. The van der Waals surface area contributed by atoms with Crippen LogP contribution in [0.15, 0.2) is 6.07 Å². The zero-order valence-corrected chi connectivity index (χ0v) is 14.6. The van der Waals surface area contributed by atoms with E-state index in [-0.39, 0.29) is 10.8 Å². The minimum Gasteiger partial charge on any atom is -0.507 e. The van der Waals surface area contributed by atoms with E-state index >= 15 is 0 Å². The minimum absolute atomic E-state index is 0.0290. The molecule has 1 heteroatoms. The third-order valence-electron chi connectivity index (χ3n) is 3.99. The van der Waals surface area contributed by atoms with Crippen LogP contribution in [0.25, 0.3) is 0 Å². The third-order valence-corrected chi connectivity index (χ3v) is 3.99. The summed E-state index contributed by atoms with van der Waals surface area (Å²) in [6.07, 6.45) is 3.06. The molecule has 0 unspecified atom stereocenters. The fourth-order valence-electron chi connectivity index (χ4n) is 2.93. The van der Waals surface area contributed by atoms with E-state index in [0.717, 1.165) is 30.4 Å². The Kier molecular flexibility index (Phi) is 4.94. The summed E-state index contributed by atoms with van der Waals surface area (Å²) >= 11 is 0. The smallest absolute Gasteiger partial charge is 0.122 e. The monoisotopic (exact) mass is 276 g/mol. The van der Waals surface area contributed by atoms with Gasteiger partial charge in [0.05, 0.1) is 0 Å². The van der Waals surface area contributed by atoms with Gasteiger partial charge in [-0.3, -0.25) is 0 Å². The summed E-state index contributed by atoms with van der Waals surface area (Å²) in [4.78, 5) is 0. The molecular weight excluding hydrogens is 244 g/mol. The lowest BCUT2D eigenvalue weighted by Gasteiger charge is -2.31. The van der Waals surface area contributed by atoms with E-state index in [1.807, 2.05) is 0 Å². The van der Waals surface area contributed by atoms with Gasteiger partial charge in [-0.15, -0.1) is 0 Å². The molecule has 1 rings (SSSR count). The van der Waals surface area contributed by atoms with Gasteiger partial charge in [0.15, 0.2) is 0 Å². The topological polar surface area (TPSA) is 20.2 Å². The van der Waals surface area contributed by atoms with Crippen LogP contribution in [0.3, 0.4) is 0 Å². The number of aromatic hydroxyl groups is 1. The van der Waals surface area contributed by atoms with Gasteiger partial charge in [0, 0.05) is 0 Å². The van der Waals surface area contributed by atoms with Crippen molar-refractivity contribution in [3.8, 4) is 5.75 Å². The van der Waals surface area contributed by atoms with Crippen LogP contribution < -0.4 is 0 Å². The molecule has 0 radical (unpaired) electrons. The number of phenols is 1. The second-order valence-electron chi connectivity index (χ2n) is 7.88. The molecule has 114 valence electrons. The largest absolute Gasteiger partial charge is 0.507 e. The predicted octanol–water partition coefficient (Wildman–Crippen LogP) is 5.50. The summed E-state index contributed by atoms with van der Waals surface area (Å²) in [5, 5.41) is 10.7. The SMILES string of the molecule is CCCc1c(C(C)(C)C)cc(C(C)(C)C)c(O)c1CC. The first-order valence-corrected chi connectivity index (χ1v) is 7.92. The molecule has 0 aliphatic rings. The molecule has 0 saturated carbocycles. The van der Waals surface area contributed by atoms with Crippen molar-refractivity contribution < 1.29 is 5.11 Å². The van der Waals surface area contributed by atoms with Crippen molar-refractivity contribution in [2.75, 3.05) is 0 Å². The van der Waals surface area contributed by atoms with E-state index in [2.05, 4.69) is 61.5 Å². The first-order chi connectivity index (χ1) is 9.04. The minimum atomic E-state index is -0.0290. The zero-order chi connectivity index (χ0) is 15.7. The van der Waals surface area contributed by atoms with Crippen LogP contribution in [0.5, 0.6) is 5.75 Å². The molecule has 1 aromatic carbocycles. The van der Waals surface area contributed by atoms with E-state index < -0.39 is 0 Å². The van der Waals surface area contributed by atoms with E-state index in [0.29, 0.717) is 5.75 Å². The van der Waals surface area contributed by atoms with Crippen molar-refractivity contribution >= 4 is 0 Å². The number of phenolic OH excluding ortho intramolecular Hbond substituents is 1. The molecule has 0 aliphatic heterocycles. The van der Waals surface area contributed by atoms with E-state index in [4.69, 9.17) is 0 Å². The maximum absolute atomic E-state index is 10.7. The van der Waals surface area contributed by atoms with E-state index in [1.165, 1.54) is 11.1 Å². The molecule has 0 fully saturated rings. The van der Waals surface area contributed by atoms with Crippen LogP contribution in [-0.2, 0) is 23.7 Å². The van der Waals surface area contributed by atoms with Crippen molar-refractivity contribution in [1.29, 1.82) is 0 Å². The third kappa shape index (κ3) is 3.37. The molecule has 0 aliphatic carbocycles. The summed E-state index contributed by atoms with van der Waals surface area (Å²) in [7, 11) is 0. The normalized spacial score (nSPS) is 12.8. The van der Waals surface area contributed by atoms with Gasteiger partial charge in [-0.2, -0.15) is 0 Å². The Morgan fingerprint density at radius 2 is 1.35 bits per heavy atom. The van der Waals surface area contributed by atoms with Crippen molar-refractivity contribution in [3.05, 3.63) is 28.3 Å². The van der Waals surface area contributed by atoms with Crippen molar-refractivity contribution in [2.24, 2.45) is 0 Å². The fraction of sp³-hybridized carbons (Fsp3) is 0.684. The molecule has 1 nitrogen and oxygen atoms in total. The van der Waals surface area contributed by atoms with Crippen LogP contribution in [0, 0.1) is 0 Å². The molecule has 0 atom stereocenters. The van der Waals surface area contributed by atoms with Gasteiger partial charge in [-0.25, -0.2) is 0 Å². The van der Waals surface area contributed by atoms with Crippen LogP contribution in [0.2, 0.25) is 0 Å². The first-order valence-electron chi connectivity index (χ1n) is 7.92. The maximum Gasteiger partial charge on any atom is 0.122 e. The molecule has 1 N–H and O–H groups in total. The highest BCUT2D eigenvalue weighted by atomic mass is 16.3. The molecule has 0 aromatic heterocycles. The summed E-state index contributed by atoms with van der Waals surface area (Å²) in [5.74, 6) is 0.524. The van der Waals surface area contributed by atoms with Gasteiger partial charge in [0.1, 0.15) is 5.75 Å². The molecule has 20 heavy (non-hydrogen) atoms. The fourth-order valence-corrected chi connectivity index (χ4v) is 2.93. The summed E-state index contributed by atoms with van der Waals surface area (Å²) < 4.78 is 0. The van der Waals surface area contributed by atoms with Gasteiger partial charge >= 0.3 is 0 Å². The molecule has 1 aromatic rings. The molecule has 0 amide bonds. The number of hydrogen-bond donors (Lipinski definition) is 1. The Balaban J connectivity index is 3.72. The Morgan fingerprint density at radius 3 is 1.70 bits per heavy atom. The number of hydrogen-bond acceptors (Lipinski definition) is 1. The van der Waals surface area contributed by atoms with Gasteiger partial charge in [0.25, 0.3) is 0 Å².